The highest BCUT2D eigenvalue weighted by Gasteiger charge is 2.41. The first-order chi connectivity index (χ1) is 9.74. The average molecular weight is 279 g/mol. The molecule has 0 amide bonds. The zero-order valence-electron chi connectivity index (χ0n) is 12.4. The SMILES string of the molecule is CCCOC1C(N)CC1Oc1ccc(CCOC)cc1. The highest BCUT2D eigenvalue weighted by Crippen LogP contribution is 2.28. The number of nitrogens with two attached hydrogens (primary N) is 1. The van der Waals surface area contributed by atoms with E-state index in [2.05, 4.69) is 19.1 Å². The van der Waals surface area contributed by atoms with Gasteiger partial charge in [-0.1, -0.05) is 19.1 Å². The van der Waals surface area contributed by atoms with E-state index in [0.29, 0.717) is 0 Å². The van der Waals surface area contributed by atoms with Gasteiger partial charge in [0.25, 0.3) is 0 Å². The number of ether oxygens (including phenoxy) is 3. The normalized spacial score (nSPS) is 25.2. The van der Waals surface area contributed by atoms with Crippen molar-refractivity contribution < 1.29 is 14.2 Å². The second-order valence-electron chi connectivity index (χ2n) is 5.28. The third-order valence-electron chi connectivity index (χ3n) is 3.61. The number of hydrogen-bond donors (Lipinski definition) is 1. The van der Waals surface area contributed by atoms with Crippen LogP contribution in [0.5, 0.6) is 5.75 Å². The van der Waals surface area contributed by atoms with Gasteiger partial charge in [-0.15, -0.1) is 0 Å². The Balaban J connectivity index is 1.83. The Labute approximate surface area is 121 Å². The van der Waals surface area contributed by atoms with Gasteiger partial charge in [0.1, 0.15) is 18.0 Å². The Morgan fingerprint density at radius 3 is 2.55 bits per heavy atom. The third-order valence-corrected chi connectivity index (χ3v) is 3.61. The Hall–Kier alpha value is -1.10. The summed E-state index contributed by atoms with van der Waals surface area (Å²) >= 11 is 0. The molecular weight excluding hydrogens is 254 g/mol. The average Bonchev–Trinajstić information content (AvgIpc) is 2.46. The minimum absolute atomic E-state index is 0.0307. The molecule has 0 aromatic heterocycles. The monoisotopic (exact) mass is 279 g/mol. The minimum atomic E-state index is 0.0307. The fraction of sp³-hybridized carbons (Fsp3) is 0.625. The summed E-state index contributed by atoms with van der Waals surface area (Å²) in [5.41, 5.74) is 7.22. The highest BCUT2D eigenvalue weighted by molar-refractivity contribution is 5.28. The zero-order valence-corrected chi connectivity index (χ0v) is 12.4. The molecule has 1 fully saturated rings. The van der Waals surface area contributed by atoms with Crippen LogP contribution >= 0.6 is 0 Å². The van der Waals surface area contributed by atoms with Crippen LogP contribution in [0.15, 0.2) is 24.3 Å². The van der Waals surface area contributed by atoms with E-state index in [1.54, 1.807) is 7.11 Å². The summed E-state index contributed by atoms with van der Waals surface area (Å²) < 4.78 is 16.8. The smallest absolute Gasteiger partial charge is 0.128 e. The van der Waals surface area contributed by atoms with E-state index in [-0.39, 0.29) is 18.2 Å². The molecule has 1 aliphatic carbocycles. The van der Waals surface area contributed by atoms with Crippen LogP contribution in [0.4, 0.5) is 0 Å². The van der Waals surface area contributed by atoms with E-state index < -0.39 is 0 Å². The lowest BCUT2D eigenvalue weighted by Gasteiger charge is -2.41. The molecule has 20 heavy (non-hydrogen) atoms. The first kappa shape index (κ1) is 15.3. The fourth-order valence-electron chi connectivity index (χ4n) is 2.35. The molecule has 2 rings (SSSR count). The van der Waals surface area contributed by atoms with Gasteiger partial charge in [-0.3, -0.25) is 0 Å². The zero-order chi connectivity index (χ0) is 14.4. The highest BCUT2D eigenvalue weighted by atomic mass is 16.5. The summed E-state index contributed by atoms with van der Waals surface area (Å²) in [6.07, 6.45) is 2.90. The van der Waals surface area contributed by atoms with Gasteiger partial charge < -0.3 is 19.9 Å². The van der Waals surface area contributed by atoms with E-state index in [0.717, 1.165) is 38.2 Å². The summed E-state index contributed by atoms with van der Waals surface area (Å²) in [6.45, 7) is 3.58. The molecular formula is C16H25NO3. The first-order valence-corrected chi connectivity index (χ1v) is 7.36. The predicted molar refractivity (Wildman–Crippen MR) is 79.1 cm³/mol. The molecule has 3 atom stereocenters. The van der Waals surface area contributed by atoms with Crippen molar-refractivity contribution in [3.05, 3.63) is 29.8 Å². The van der Waals surface area contributed by atoms with Gasteiger partial charge in [0, 0.05) is 26.2 Å². The molecule has 0 aliphatic heterocycles. The fourth-order valence-corrected chi connectivity index (χ4v) is 2.35. The van der Waals surface area contributed by atoms with Crippen LogP contribution in [0.2, 0.25) is 0 Å². The van der Waals surface area contributed by atoms with Gasteiger partial charge >= 0.3 is 0 Å². The molecule has 4 heteroatoms. The first-order valence-electron chi connectivity index (χ1n) is 7.36. The second kappa shape index (κ2) is 7.62. The van der Waals surface area contributed by atoms with Crippen LogP contribution in [0.1, 0.15) is 25.3 Å². The van der Waals surface area contributed by atoms with Crippen LogP contribution < -0.4 is 10.5 Å². The van der Waals surface area contributed by atoms with E-state index in [4.69, 9.17) is 19.9 Å². The maximum atomic E-state index is 5.97. The third kappa shape index (κ3) is 3.95. The van der Waals surface area contributed by atoms with Crippen LogP contribution in [-0.2, 0) is 15.9 Å². The summed E-state index contributed by atoms with van der Waals surface area (Å²) in [5.74, 6) is 0.883. The Morgan fingerprint density at radius 2 is 1.95 bits per heavy atom. The van der Waals surface area contributed by atoms with Crippen LogP contribution in [-0.4, -0.2) is 38.6 Å². The predicted octanol–water partition coefficient (Wildman–Crippen LogP) is 2.15. The minimum Gasteiger partial charge on any atom is -0.488 e. The number of hydrogen-bond acceptors (Lipinski definition) is 4. The van der Waals surface area contributed by atoms with Crippen molar-refractivity contribution in [2.45, 2.75) is 44.4 Å². The summed E-state index contributed by atoms with van der Waals surface area (Å²) in [6, 6.07) is 8.27. The van der Waals surface area contributed by atoms with E-state index >= 15 is 0 Å². The van der Waals surface area contributed by atoms with Gasteiger partial charge in [-0.25, -0.2) is 0 Å². The number of rotatable bonds is 8. The molecule has 2 N–H and O–H groups in total. The lowest BCUT2D eigenvalue weighted by molar-refractivity contribution is -0.0980. The van der Waals surface area contributed by atoms with Crippen LogP contribution in [0, 0.1) is 0 Å². The molecule has 1 aromatic carbocycles. The Morgan fingerprint density at radius 1 is 1.20 bits per heavy atom. The van der Waals surface area contributed by atoms with Crippen LogP contribution in [0.3, 0.4) is 0 Å². The molecule has 0 saturated heterocycles. The molecule has 0 heterocycles. The van der Waals surface area contributed by atoms with Crippen molar-refractivity contribution in [1.29, 1.82) is 0 Å². The molecule has 0 radical (unpaired) electrons. The quantitative estimate of drug-likeness (QED) is 0.792. The number of benzene rings is 1. The standard InChI is InChI=1S/C16H25NO3/c1-3-9-19-16-14(17)11-15(16)20-13-6-4-12(5-7-13)8-10-18-2/h4-7,14-16H,3,8-11,17H2,1-2H3. The maximum Gasteiger partial charge on any atom is 0.128 e. The van der Waals surface area contributed by atoms with Crippen molar-refractivity contribution in [2.75, 3.05) is 20.3 Å². The van der Waals surface area contributed by atoms with Crippen molar-refractivity contribution in [3.8, 4) is 5.75 Å². The molecule has 1 saturated carbocycles. The lowest BCUT2D eigenvalue weighted by atomic mass is 9.86. The Bertz CT molecular complexity index is 393. The van der Waals surface area contributed by atoms with Crippen molar-refractivity contribution in [3.63, 3.8) is 0 Å². The second-order valence-corrected chi connectivity index (χ2v) is 5.28. The maximum absolute atomic E-state index is 5.97. The van der Waals surface area contributed by atoms with Gasteiger partial charge in [0.15, 0.2) is 0 Å². The molecule has 0 bridgehead atoms. The number of methoxy groups -OCH3 is 1. The van der Waals surface area contributed by atoms with E-state index in [1.165, 1.54) is 5.56 Å². The molecule has 0 spiro atoms. The molecule has 4 nitrogen and oxygen atoms in total. The van der Waals surface area contributed by atoms with Gasteiger partial charge in [0.2, 0.25) is 0 Å². The summed E-state index contributed by atoms with van der Waals surface area (Å²) in [7, 11) is 1.72. The van der Waals surface area contributed by atoms with Gasteiger partial charge in [-0.2, -0.15) is 0 Å². The largest absolute Gasteiger partial charge is 0.488 e. The molecule has 1 aromatic rings. The summed E-state index contributed by atoms with van der Waals surface area (Å²) in [4.78, 5) is 0. The molecule has 3 unspecified atom stereocenters. The van der Waals surface area contributed by atoms with Crippen molar-refractivity contribution >= 4 is 0 Å². The van der Waals surface area contributed by atoms with Crippen molar-refractivity contribution in [1.82, 2.24) is 0 Å². The summed E-state index contributed by atoms with van der Waals surface area (Å²) in [5, 5.41) is 0. The Kier molecular flexibility index (Phi) is 5.83. The van der Waals surface area contributed by atoms with Gasteiger partial charge in [-0.05, 0) is 30.5 Å². The molecule has 112 valence electrons. The van der Waals surface area contributed by atoms with E-state index in [9.17, 15) is 0 Å². The lowest BCUT2D eigenvalue weighted by Crippen LogP contribution is -2.59. The molecule has 1 aliphatic rings. The van der Waals surface area contributed by atoms with E-state index in [1.807, 2.05) is 12.1 Å². The van der Waals surface area contributed by atoms with Crippen molar-refractivity contribution in [2.24, 2.45) is 5.73 Å². The van der Waals surface area contributed by atoms with Crippen LogP contribution in [0.25, 0.3) is 0 Å². The van der Waals surface area contributed by atoms with Gasteiger partial charge in [0.05, 0.1) is 6.61 Å². The topological polar surface area (TPSA) is 53.7 Å².